The maximum Gasteiger partial charge on any atom is 0.244 e. The number of sulfonamides is 1. The van der Waals surface area contributed by atoms with Crippen molar-refractivity contribution >= 4 is 10.0 Å². The van der Waals surface area contributed by atoms with Crippen LogP contribution in [0.15, 0.2) is 29.4 Å². The minimum Gasteiger partial charge on any atom is -0.313 e. The van der Waals surface area contributed by atoms with E-state index in [0.29, 0.717) is 29.9 Å². The third-order valence-electron chi connectivity index (χ3n) is 4.02. The largest absolute Gasteiger partial charge is 0.313 e. The quantitative estimate of drug-likeness (QED) is 0.857. The van der Waals surface area contributed by atoms with Crippen LogP contribution in [0.2, 0.25) is 0 Å². The van der Waals surface area contributed by atoms with Crippen molar-refractivity contribution in [2.24, 2.45) is 5.92 Å². The van der Waals surface area contributed by atoms with E-state index in [-0.39, 0.29) is 0 Å². The van der Waals surface area contributed by atoms with Gasteiger partial charge >= 0.3 is 0 Å². The van der Waals surface area contributed by atoms with Crippen molar-refractivity contribution in [2.75, 3.05) is 19.6 Å². The molecule has 1 aromatic heterocycles. The van der Waals surface area contributed by atoms with E-state index in [2.05, 4.69) is 10.3 Å². The van der Waals surface area contributed by atoms with Crippen molar-refractivity contribution in [1.29, 1.82) is 0 Å². The highest BCUT2D eigenvalue weighted by molar-refractivity contribution is 7.89. The number of aromatic nitrogens is 1. The molecule has 1 saturated carbocycles. The maximum absolute atomic E-state index is 12.7. The molecule has 1 N–H and O–H groups in total. The van der Waals surface area contributed by atoms with Crippen LogP contribution in [0.25, 0.3) is 0 Å². The molecule has 1 aliphatic carbocycles. The minimum absolute atomic E-state index is 0.292. The minimum atomic E-state index is -3.41. The molecule has 5 nitrogen and oxygen atoms in total. The Labute approximate surface area is 120 Å². The summed E-state index contributed by atoms with van der Waals surface area (Å²) in [6.07, 6.45) is 7.53. The van der Waals surface area contributed by atoms with Crippen molar-refractivity contribution in [3.8, 4) is 0 Å². The molecular weight excluding hydrogens is 274 g/mol. The first-order valence-corrected chi connectivity index (χ1v) is 8.74. The lowest BCUT2D eigenvalue weighted by Gasteiger charge is -2.25. The SMILES string of the molecule is O=S(=O)(c1cccnc1)N(CC1CC1)CC1CCCN1. The first-order valence-electron chi connectivity index (χ1n) is 7.30. The molecule has 0 spiro atoms. The molecule has 2 heterocycles. The van der Waals surface area contributed by atoms with Gasteiger partial charge in [0, 0.05) is 31.5 Å². The number of nitrogens with zero attached hydrogens (tertiary/aromatic N) is 2. The van der Waals surface area contributed by atoms with Crippen LogP contribution < -0.4 is 5.32 Å². The Bertz CT molecular complexity index is 537. The van der Waals surface area contributed by atoms with Gasteiger partial charge in [-0.1, -0.05) is 0 Å². The van der Waals surface area contributed by atoms with Gasteiger partial charge in [0.2, 0.25) is 10.0 Å². The van der Waals surface area contributed by atoms with Crippen molar-refractivity contribution < 1.29 is 8.42 Å². The summed E-state index contributed by atoms with van der Waals surface area (Å²) in [4.78, 5) is 4.24. The van der Waals surface area contributed by atoms with Gasteiger partial charge in [-0.15, -0.1) is 0 Å². The van der Waals surface area contributed by atoms with Crippen LogP contribution in [0.1, 0.15) is 25.7 Å². The van der Waals surface area contributed by atoms with Crippen LogP contribution in [-0.2, 0) is 10.0 Å². The molecule has 1 atom stereocenters. The molecule has 1 aromatic rings. The second-order valence-corrected chi connectivity index (χ2v) is 7.69. The van der Waals surface area contributed by atoms with Crippen LogP contribution >= 0.6 is 0 Å². The van der Waals surface area contributed by atoms with Gasteiger partial charge in [0.15, 0.2) is 0 Å². The average Bonchev–Trinajstić information content (AvgIpc) is 3.13. The van der Waals surface area contributed by atoms with E-state index in [1.54, 1.807) is 22.6 Å². The van der Waals surface area contributed by atoms with Gasteiger partial charge in [0.25, 0.3) is 0 Å². The van der Waals surface area contributed by atoms with Gasteiger partial charge in [-0.25, -0.2) is 8.42 Å². The molecule has 1 saturated heterocycles. The van der Waals surface area contributed by atoms with Crippen molar-refractivity contribution in [2.45, 2.75) is 36.6 Å². The Kier molecular flexibility index (Phi) is 4.05. The monoisotopic (exact) mass is 295 g/mol. The van der Waals surface area contributed by atoms with E-state index < -0.39 is 10.0 Å². The molecule has 0 radical (unpaired) electrons. The third-order valence-corrected chi connectivity index (χ3v) is 5.83. The highest BCUT2D eigenvalue weighted by Crippen LogP contribution is 2.31. The summed E-state index contributed by atoms with van der Waals surface area (Å²) in [5.41, 5.74) is 0. The second-order valence-electron chi connectivity index (χ2n) is 5.75. The van der Waals surface area contributed by atoms with E-state index >= 15 is 0 Å². The predicted octanol–water partition coefficient (Wildman–Crippen LogP) is 1.23. The zero-order valence-corrected chi connectivity index (χ0v) is 12.3. The maximum atomic E-state index is 12.7. The lowest BCUT2D eigenvalue weighted by atomic mass is 10.2. The Morgan fingerprint density at radius 2 is 2.15 bits per heavy atom. The summed E-state index contributed by atoms with van der Waals surface area (Å²) in [5, 5.41) is 3.38. The van der Waals surface area contributed by atoms with E-state index in [9.17, 15) is 8.42 Å². The fourth-order valence-electron chi connectivity index (χ4n) is 2.67. The second kappa shape index (κ2) is 5.79. The molecule has 0 bridgehead atoms. The first-order chi connectivity index (χ1) is 9.66. The molecule has 6 heteroatoms. The van der Waals surface area contributed by atoms with E-state index in [1.807, 2.05) is 0 Å². The fraction of sp³-hybridized carbons (Fsp3) is 0.643. The van der Waals surface area contributed by atoms with Gasteiger partial charge in [-0.3, -0.25) is 4.98 Å². The average molecular weight is 295 g/mol. The number of rotatable bonds is 6. The van der Waals surface area contributed by atoms with E-state index in [4.69, 9.17) is 0 Å². The molecule has 0 amide bonds. The Hall–Kier alpha value is -0.980. The predicted molar refractivity (Wildman–Crippen MR) is 76.7 cm³/mol. The van der Waals surface area contributed by atoms with Crippen molar-refractivity contribution in [3.63, 3.8) is 0 Å². The fourth-order valence-corrected chi connectivity index (χ4v) is 4.19. The molecule has 20 heavy (non-hydrogen) atoms. The number of nitrogens with one attached hydrogen (secondary N) is 1. The zero-order chi connectivity index (χ0) is 14.0. The summed E-state index contributed by atoms with van der Waals surface area (Å²) < 4.78 is 27.1. The van der Waals surface area contributed by atoms with Crippen LogP contribution in [0.5, 0.6) is 0 Å². The van der Waals surface area contributed by atoms with Crippen LogP contribution in [0.3, 0.4) is 0 Å². The van der Waals surface area contributed by atoms with Gasteiger partial charge in [0.05, 0.1) is 0 Å². The molecule has 3 rings (SSSR count). The Morgan fingerprint density at radius 3 is 2.75 bits per heavy atom. The van der Waals surface area contributed by atoms with Crippen LogP contribution in [0.4, 0.5) is 0 Å². The molecule has 2 aliphatic rings. The topological polar surface area (TPSA) is 62.3 Å². The zero-order valence-electron chi connectivity index (χ0n) is 11.5. The molecule has 1 aliphatic heterocycles. The van der Waals surface area contributed by atoms with Crippen molar-refractivity contribution in [3.05, 3.63) is 24.5 Å². The summed E-state index contributed by atoms with van der Waals surface area (Å²) in [5.74, 6) is 0.544. The first kappa shape index (κ1) is 14.0. The summed E-state index contributed by atoms with van der Waals surface area (Å²) >= 11 is 0. The van der Waals surface area contributed by atoms with Crippen molar-refractivity contribution in [1.82, 2.24) is 14.6 Å². The number of pyridine rings is 1. The van der Waals surface area contributed by atoms with E-state index in [0.717, 1.165) is 32.2 Å². The summed E-state index contributed by atoms with van der Waals surface area (Å²) in [6, 6.07) is 3.60. The van der Waals surface area contributed by atoms with Crippen LogP contribution in [0, 0.1) is 5.92 Å². The molecule has 0 aromatic carbocycles. The third kappa shape index (κ3) is 3.19. The molecular formula is C14H21N3O2S. The highest BCUT2D eigenvalue weighted by atomic mass is 32.2. The van der Waals surface area contributed by atoms with Crippen LogP contribution in [-0.4, -0.2) is 43.4 Å². The van der Waals surface area contributed by atoms with Gasteiger partial charge in [-0.05, 0) is 50.3 Å². The molecule has 110 valence electrons. The normalized spacial score (nSPS) is 23.4. The number of hydrogen-bond acceptors (Lipinski definition) is 4. The van der Waals surface area contributed by atoms with Gasteiger partial charge in [-0.2, -0.15) is 4.31 Å². The standard InChI is InChI=1S/C14H21N3O2S/c18-20(19,14-4-2-7-15-9-14)17(10-12-5-6-12)11-13-3-1-8-16-13/h2,4,7,9,12-13,16H,1,3,5-6,8,10-11H2. The lowest BCUT2D eigenvalue weighted by Crippen LogP contribution is -2.42. The Morgan fingerprint density at radius 1 is 1.30 bits per heavy atom. The highest BCUT2D eigenvalue weighted by Gasteiger charge is 2.33. The summed E-state index contributed by atoms with van der Waals surface area (Å²) in [7, 11) is -3.41. The molecule has 2 fully saturated rings. The van der Waals surface area contributed by atoms with E-state index in [1.165, 1.54) is 6.20 Å². The number of hydrogen-bond donors (Lipinski definition) is 1. The van der Waals surface area contributed by atoms with Gasteiger partial charge < -0.3 is 5.32 Å². The van der Waals surface area contributed by atoms with Gasteiger partial charge in [0.1, 0.15) is 4.90 Å². The summed E-state index contributed by atoms with van der Waals surface area (Å²) in [6.45, 7) is 2.22. The smallest absolute Gasteiger partial charge is 0.244 e. The molecule has 1 unspecified atom stereocenters. The Balaban J connectivity index is 1.79. The lowest BCUT2D eigenvalue weighted by molar-refractivity contribution is 0.358.